The zero-order chi connectivity index (χ0) is 19.8. The summed E-state index contributed by atoms with van der Waals surface area (Å²) in [7, 11) is 1.69. The van der Waals surface area contributed by atoms with Crippen molar-refractivity contribution in [1.82, 2.24) is 19.4 Å². The standard InChI is InChI=1S/C23H24N4O2/c1-29-19-8-4-6-17(12-19)13-25-15-21-22(16-25)27(14-18-7-2-3-10-24-18)23(28)20-9-5-11-26(20)21/h2-12,21-22H,13-16H2,1H3/t21-,22+/m0/s1. The molecule has 1 aromatic carbocycles. The second-order valence-electron chi connectivity index (χ2n) is 7.74. The molecule has 0 unspecified atom stereocenters. The Hall–Kier alpha value is -3.12. The number of nitrogens with zero attached hydrogens (tertiary/aromatic N) is 4. The Morgan fingerprint density at radius 2 is 1.93 bits per heavy atom. The van der Waals surface area contributed by atoms with Crippen molar-refractivity contribution in [3.8, 4) is 5.75 Å². The van der Waals surface area contributed by atoms with E-state index in [0.29, 0.717) is 6.54 Å². The summed E-state index contributed by atoms with van der Waals surface area (Å²) in [6.07, 6.45) is 3.83. The molecule has 0 saturated carbocycles. The smallest absolute Gasteiger partial charge is 0.271 e. The van der Waals surface area contributed by atoms with Crippen LogP contribution in [0.5, 0.6) is 5.75 Å². The normalized spacial score (nSPS) is 21.1. The van der Waals surface area contributed by atoms with Gasteiger partial charge in [0.05, 0.1) is 31.4 Å². The quantitative estimate of drug-likeness (QED) is 0.674. The molecule has 3 aromatic rings. The summed E-state index contributed by atoms with van der Waals surface area (Å²) in [5.74, 6) is 0.962. The van der Waals surface area contributed by atoms with Crippen LogP contribution in [0.15, 0.2) is 67.0 Å². The minimum Gasteiger partial charge on any atom is -0.497 e. The van der Waals surface area contributed by atoms with Crippen LogP contribution < -0.4 is 4.74 Å². The molecule has 148 valence electrons. The van der Waals surface area contributed by atoms with Crippen molar-refractivity contribution < 1.29 is 9.53 Å². The van der Waals surface area contributed by atoms with Crippen LogP contribution in [0.3, 0.4) is 0 Å². The van der Waals surface area contributed by atoms with E-state index >= 15 is 0 Å². The van der Waals surface area contributed by atoms with E-state index in [9.17, 15) is 4.79 Å². The molecule has 6 heteroatoms. The number of benzene rings is 1. The van der Waals surface area contributed by atoms with E-state index in [-0.39, 0.29) is 18.0 Å². The summed E-state index contributed by atoms with van der Waals surface area (Å²) in [6, 6.07) is 18.4. The highest BCUT2D eigenvalue weighted by molar-refractivity contribution is 5.94. The van der Waals surface area contributed by atoms with Crippen molar-refractivity contribution in [1.29, 1.82) is 0 Å². The van der Waals surface area contributed by atoms with E-state index in [1.54, 1.807) is 13.3 Å². The number of hydrogen-bond acceptors (Lipinski definition) is 4. The van der Waals surface area contributed by atoms with Gasteiger partial charge in [0.1, 0.15) is 11.4 Å². The van der Waals surface area contributed by atoms with Crippen LogP contribution >= 0.6 is 0 Å². The predicted molar refractivity (Wildman–Crippen MR) is 110 cm³/mol. The first kappa shape index (κ1) is 17.9. The second kappa shape index (κ2) is 7.37. The molecule has 6 nitrogen and oxygen atoms in total. The van der Waals surface area contributed by atoms with Gasteiger partial charge in [-0.05, 0) is 42.0 Å². The molecule has 1 saturated heterocycles. The lowest BCUT2D eigenvalue weighted by atomic mass is 10.1. The SMILES string of the molecule is COc1cccc(CN2C[C@@H]3[C@H](C2)n2cccc2C(=O)N3Cc2ccccn2)c1. The molecule has 0 bridgehead atoms. The van der Waals surface area contributed by atoms with Crippen molar-refractivity contribution in [3.63, 3.8) is 0 Å². The van der Waals surface area contributed by atoms with Gasteiger partial charge >= 0.3 is 0 Å². The topological polar surface area (TPSA) is 50.6 Å². The minimum atomic E-state index is 0.0881. The lowest BCUT2D eigenvalue weighted by Crippen LogP contribution is -2.49. The molecule has 0 radical (unpaired) electrons. The second-order valence-corrected chi connectivity index (χ2v) is 7.74. The fourth-order valence-corrected chi connectivity index (χ4v) is 4.60. The van der Waals surface area contributed by atoms with Crippen LogP contribution in [-0.2, 0) is 13.1 Å². The minimum absolute atomic E-state index is 0.0881. The van der Waals surface area contributed by atoms with Gasteiger partial charge in [-0.1, -0.05) is 18.2 Å². The number of pyridine rings is 1. The van der Waals surface area contributed by atoms with Gasteiger partial charge in [-0.2, -0.15) is 0 Å². The third-order valence-electron chi connectivity index (χ3n) is 5.95. The average Bonchev–Trinajstić information content (AvgIpc) is 3.39. The fourth-order valence-electron chi connectivity index (χ4n) is 4.60. The number of hydrogen-bond donors (Lipinski definition) is 0. The highest BCUT2D eigenvalue weighted by Gasteiger charge is 2.44. The van der Waals surface area contributed by atoms with Gasteiger partial charge in [-0.3, -0.25) is 14.7 Å². The maximum absolute atomic E-state index is 13.2. The van der Waals surface area contributed by atoms with Crippen LogP contribution in [-0.4, -0.2) is 51.5 Å². The van der Waals surface area contributed by atoms with Crippen LogP contribution in [0.4, 0.5) is 0 Å². The Balaban J connectivity index is 1.41. The Bertz CT molecular complexity index is 1020. The number of likely N-dealkylation sites (tertiary alicyclic amines) is 1. The molecule has 2 aliphatic heterocycles. The lowest BCUT2D eigenvalue weighted by Gasteiger charge is -2.38. The van der Waals surface area contributed by atoms with Crippen molar-refractivity contribution in [2.75, 3.05) is 20.2 Å². The maximum Gasteiger partial charge on any atom is 0.271 e. The molecule has 5 rings (SSSR count). The third kappa shape index (κ3) is 3.29. The van der Waals surface area contributed by atoms with Crippen molar-refractivity contribution in [2.24, 2.45) is 0 Å². The number of rotatable bonds is 5. The zero-order valence-electron chi connectivity index (χ0n) is 16.4. The van der Waals surface area contributed by atoms with Crippen molar-refractivity contribution in [2.45, 2.75) is 25.2 Å². The molecule has 0 spiro atoms. The van der Waals surface area contributed by atoms with Gasteiger partial charge in [-0.25, -0.2) is 0 Å². The molecule has 29 heavy (non-hydrogen) atoms. The Morgan fingerprint density at radius 1 is 1.03 bits per heavy atom. The average molecular weight is 388 g/mol. The Kier molecular flexibility index (Phi) is 4.56. The van der Waals surface area contributed by atoms with Gasteiger partial charge in [0, 0.05) is 32.0 Å². The molecule has 1 amide bonds. The van der Waals surface area contributed by atoms with E-state index in [2.05, 4.69) is 26.6 Å². The number of fused-ring (bicyclic) bond motifs is 3. The van der Waals surface area contributed by atoms with Crippen molar-refractivity contribution in [3.05, 3.63) is 83.9 Å². The fraction of sp³-hybridized carbons (Fsp3) is 0.304. The zero-order valence-corrected chi connectivity index (χ0v) is 16.4. The van der Waals surface area contributed by atoms with Crippen LogP contribution in [0.25, 0.3) is 0 Å². The van der Waals surface area contributed by atoms with E-state index in [0.717, 1.165) is 36.8 Å². The first-order valence-corrected chi connectivity index (χ1v) is 9.96. The molecule has 2 atom stereocenters. The number of methoxy groups -OCH3 is 1. The van der Waals surface area contributed by atoms with Gasteiger partial charge < -0.3 is 14.2 Å². The largest absolute Gasteiger partial charge is 0.497 e. The van der Waals surface area contributed by atoms with E-state index in [4.69, 9.17) is 4.74 Å². The first-order valence-electron chi connectivity index (χ1n) is 9.96. The first-order chi connectivity index (χ1) is 14.2. The number of carbonyl (C=O) groups excluding carboxylic acids is 1. The number of amides is 1. The highest BCUT2D eigenvalue weighted by Crippen LogP contribution is 2.35. The molecule has 1 fully saturated rings. The Labute approximate surface area is 170 Å². The highest BCUT2D eigenvalue weighted by atomic mass is 16.5. The summed E-state index contributed by atoms with van der Waals surface area (Å²) in [4.78, 5) is 22.1. The third-order valence-corrected chi connectivity index (χ3v) is 5.95. The van der Waals surface area contributed by atoms with Crippen LogP contribution in [0.1, 0.15) is 27.8 Å². The van der Waals surface area contributed by atoms with E-state index in [1.165, 1.54) is 5.56 Å². The number of carbonyl (C=O) groups is 1. The van der Waals surface area contributed by atoms with Crippen LogP contribution in [0, 0.1) is 0 Å². The monoisotopic (exact) mass is 388 g/mol. The molecular weight excluding hydrogens is 364 g/mol. The summed E-state index contributed by atoms with van der Waals surface area (Å²) in [5, 5.41) is 0. The summed E-state index contributed by atoms with van der Waals surface area (Å²) in [5.41, 5.74) is 2.91. The molecule has 0 N–H and O–H groups in total. The van der Waals surface area contributed by atoms with Gasteiger partial charge in [-0.15, -0.1) is 0 Å². The van der Waals surface area contributed by atoms with Gasteiger partial charge in [0.2, 0.25) is 0 Å². The maximum atomic E-state index is 13.2. The number of ether oxygens (including phenoxy) is 1. The number of aromatic nitrogens is 2. The van der Waals surface area contributed by atoms with Gasteiger partial charge in [0.15, 0.2) is 0 Å². The Morgan fingerprint density at radius 3 is 2.76 bits per heavy atom. The van der Waals surface area contributed by atoms with Crippen LogP contribution in [0.2, 0.25) is 0 Å². The molecule has 4 heterocycles. The summed E-state index contributed by atoms with van der Waals surface area (Å²) in [6.45, 7) is 3.14. The predicted octanol–water partition coefficient (Wildman–Crippen LogP) is 2.97. The lowest BCUT2D eigenvalue weighted by molar-refractivity contribution is 0.0553. The molecule has 2 aromatic heterocycles. The molecule has 0 aliphatic carbocycles. The van der Waals surface area contributed by atoms with Crippen molar-refractivity contribution >= 4 is 5.91 Å². The molecule has 2 aliphatic rings. The molecular formula is C23H24N4O2. The van der Waals surface area contributed by atoms with E-state index in [1.807, 2.05) is 53.6 Å². The van der Waals surface area contributed by atoms with Gasteiger partial charge in [0.25, 0.3) is 5.91 Å². The summed E-state index contributed by atoms with van der Waals surface area (Å²) >= 11 is 0. The van der Waals surface area contributed by atoms with E-state index < -0.39 is 0 Å². The summed E-state index contributed by atoms with van der Waals surface area (Å²) < 4.78 is 7.53.